The van der Waals surface area contributed by atoms with Crippen molar-refractivity contribution in [2.24, 2.45) is 5.41 Å². The van der Waals surface area contributed by atoms with E-state index in [0.29, 0.717) is 5.02 Å². The van der Waals surface area contributed by atoms with Gasteiger partial charge in [0, 0.05) is 22.1 Å². The SMILES string of the molecule is CCS(=O)(=O)[C@H]1[C@@H](c2cccc(Cl)c2)C1(CO)CO. The lowest BCUT2D eigenvalue weighted by molar-refractivity contribution is 0.130. The van der Waals surface area contributed by atoms with Crippen molar-refractivity contribution in [3.63, 3.8) is 0 Å². The zero-order valence-electron chi connectivity index (χ0n) is 10.6. The second-order valence-corrected chi connectivity index (χ2v) is 7.80. The fourth-order valence-corrected chi connectivity index (χ4v) is 5.16. The van der Waals surface area contributed by atoms with Gasteiger partial charge in [0.1, 0.15) is 0 Å². The number of halogens is 1. The average Bonchev–Trinajstić information content (AvgIpc) is 3.09. The minimum atomic E-state index is -3.33. The van der Waals surface area contributed by atoms with Crippen molar-refractivity contribution in [3.05, 3.63) is 34.9 Å². The van der Waals surface area contributed by atoms with Gasteiger partial charge in [-0.2, -0.15) is 0 Å². The van der Waals surface area contributed by atoms with Crippen LogP contribution in [0.2, 0.25) is 5.02 Å². The van der Waals surface area contributed by atoms with E-state index in [2.05, 4.69) is 0 Å². The van der Waals surface area contributed by atoms with Gasteiger partial charge in [-0.25, -0.2) is 8.42 Å². The van der Waals surface area contributed by atoms with Crippen LogP contribution in [-0.2, 0) is 9.84 Å². The summed E-state index contributed by atoms with van der Waals surface area (Å²) in [6.45, 7) is 0.858. The van der Waals surface area contributed by atoms with Crippen molar-refractivity contribution in [1.29, 1.82) is 0 Å². The molecule has 0 heterocycles. The first-order valence-corrected chi connectivity index (χ1v) is 8.21. The Labute approximate surface area is 117 Å². The van der Waals surface area contributed by atoms with Crippen molar-refractivity contribution in [3.8, 4) is 0 Å². The second-order valence-electron chi connectivity index (χ2n) is 4.95. The summed E-state index contributed by atoms with van der Waals surface area (Å²) in [7, 11) is -3.33. The first-order valence-electron chi connectivity index (χ1n) is 6.11. The zero-order chi connectivity index (χ0) is 14.3. The largest absolute Gasteiger partial charge is 0.396 e. The molecule has 106 valence electrons. The quantitative estimate of drug-likeness (QED) is 0.857. The van der Waals surface area contributed by atoms with Gasteiger partial charge in [0.15, 0.2) is 9.84 Å². The van der Waals surface area contributed by atoms with Gasteiger partial charge in [0.2, 0.25) is 0 Å². The summed E-state index contributed by atoms with van der Waals surface area (Å²) < 4.78 is 24.2. The molecule has 1 saturated carbocycles. The zero-order valence-corrected chi connectivity index (χ0v) is 12.2. The van der Waals surface area contributed by atoms with E-state index in [0.717, 1.165) is 5.56 Å². The molecular weight excluding hydrogens is 288 g/mol. The number of sulfone groups is 1. The van der Waals surface area contributed by atoms with Crippen molar-refractivity contribution >= 4 is 21.4 Å². The molecule has 1 aliphatic carbocycles. The molecule has 1 aromatic carbocycles. The Bertz CT molecular complexity index is 566. The Hall–Kier alpha value is -0.620. The minimum absolute atomic E-state index is 0.00349. The van der Waals surface area contributed by atoms with E-state index in [1.807, 2.05) is 0 Å². The van der Waals surface area contributed by atoms with Gasteiger partial charge >= 0.3 is 0 Å². The third kappa shape index (κ3) is 2.29. The number of aliphatic hydroxyl groups excluding tert-OH is 2. The summed E-state index contributed by atoms with van der Waals surface area (Å²) >= 11 is 5.92. The highest BCUT2D eigenvalue weighted by Crippen LogP contribution is 2.62. The maximum Gasteiger partial charge on any atom is 0.154 e. The first kappa shape index (κ1) is 14.8. The normalized spacial score (nSPS) is 25.3. The highest BCUT2D eigenvalue weighted by molar-refractivity contribution is 7.92. The average molecular weight is 305 g/mol. The molecule has 0 aromatic heterocycles. The fraction of sp³-hybridized carbons (Fsp3) is 0.538. The molecule has 1 aromatic rings. The maximum absolute atomic E-state index is 12.1. The highest BCUT2D eigenvalue weighted by Gasteiger charge is 2.69. The predicted octanol–water partition coefficient (Wildman–Crippen LogP) is 1.21. The van der Waals surface area contributed by atoms with Crippen LogP contribution in [0, 0.1) is 5.41 Å². The molecular formula is C13H17ClO4S. The van der Waals surface area contributed by atoms with E-state index >= 15 is 0 Å². The summed E-state index contributed by atoms with van der Waals surface area (Å²) in [5.41, 5.74) is -0.239. The molecule has 0 amide bonds. The summed E-state index contributed by atoms with van der Waals surface area (Å²) in [5, 5.41) is 18.8. The molecule has 1 aliphatic rings. The molecule has 0 bridgehead atoms. The number of hydrogen-bond acceptors (Lipinski definition) is 4. The van der Waals surface area contributed by atoms with Gasteiger partial charge in [-0.15, -0.1) is 0 Å². The predicted molar refractivity (Wildman–Crippen MR) is 74.0 cm³/mol. The van der Waals surface area contributed by atoms with Crippen LogP contribution in [0.3, 0.4) is 0 Å². The van der Waals surface area contributed by atoms with Crippen molar-refractivity contribution < 1.29 is 18.6 Å². The van der Waals surface area contributed by atoms with Crippen LogP contribution in [0.15, 0.2) is 24.3 Å². The third-order valence-corrected chi connectivity index (χ3v) is 6.52. The molecule has 4 nitrogen and oxygen atoms in total. The molecule has 0 radical (unpaired) electrons. The highest BCUT2D eigenvalue weighted by atomic mass is 35.5. The van der Waals surface area contributed by atoms with Gasteiger partial charge in [-0.05, 0) is 17.7 Å². The molecule has 0 aliphatic heterocycles. The number of hydrogen-bond donors (Lipinski definition) is 2. The van der Waals surface area contributed by atoms with E-state index in [9.17, 15) is 18.6 Å². The van der Waals surface area contributed by atoms with E-state index in [4.69, 9.17) is 11.6 Å². The Kier molecular flexibility index (Phi) is 3.93. The summed E-state index contributed by atoms with van der Waals surface area (Å²) in [5.74, 6) is -0.401. The van der Waals surface area contributed by atoms with Crippen molar-refractivity contribution in [2.75, 3.05) is 19.0 Å². The Morgan fingerprint density at radius 3 is 2.42 bits per heavy atom. The monoisotopic (exact) mass is 304 g/mol. The van der Waals surface area contributed by atoms with Crippen LogP contribution < -0.4 is 0 Å². The van der Waals surface area contributed by atoms with Crippen LogP contribution in [-0.4, -0.2) is 42.8 Å². The molecule has 2 N–H and O–H groups in total. The lowest BCUT2D eigenvalue weighted by Gasteiger charge is -2.10. The van der Waals surface area contributed by atoms with Gasteiger partial charge in [-0.1, -0.05) is 30.7 Å². The number of aliphatic hydroxyl groups is 2. The van der Waals surface area contributed by atoms with E-state index in [-0.39, 0.29) is 19.0 Å². The summed E-state index contributed by atoms with van der Waals surface area (Å²) in [6, 6.07) is 6.92. The summed E-state index contributed by atoms with van der Waals surface area (Å²) in [6.07, 6.45) is 0. The topological polar surface area (TPSA) is 74.6 Å². The van der Waals surface area contributed by atoms with Gasteiger partial charge in [-0.3, -0.25) is 0 Å². The fourth-order valence-electron chi connectivity index (χ4n) is 2.83. The smallest absolute Gasteiger partial charge is 0.154 e. The van der Waals surface area contributed by atoms with Crippen LogP contribution in [0.5, 0.6) is 0 Å². The summed E-state index contributed by atoms with van der Waals surface area (Å²) in [4.78, 5) is 0. The van der Waals surface area contributed by atoms with Crippen LogP contribution in [0.25, 0.3) is 0 Å². The lowest BCUT2D eigenvalue weighted by Crippen LogP contribution is -2.23. The van der Waals surface area contributed by atoms with Crippen LogP contribution in [0.1, 0.15) is 18.4 Å². The number of rotatable bonds is 5. The second kappa shape index (κ2) is 5.05. The van der Waals surface area contributed by atoms with Crippen LogP contribution >= 0.6 is 11.6 Å². The van der Waals surface area contributed by atoms with E-state index < -0.39 is 26.4 Å². The van der Waals surface area contributed by atoms with Gasteiger partial charge in [0.05, 0.1) is 18.5 Å². The molecule has 0 saturated heterocycles. The van der Waals surface area contributed by atoms with Gasteiger partial charge < -0.3 is 10.2 Å². The van der Waals surface area contributed by atoms with Crippen LogP contribution in [0.4, 0.5) is 0 Å². The van der Waals surface area contributed by atoms with Gasteiger partial charge in [0.25, 0.3) is 0 Å². The molecule has 0 spiro atoms. The standard InChI is InChI=1S/C13H17ClO4S/c1-2-19(17,18)12-11(13(12,7-15)8-16)9-4-3-5-10(14)6-9/h3-6,11-12,15-16H,2,7-8H2,1H3/t11-,12+/m1/s1. The van der Waals surface area contributed by atoms with E-state index in [1.54, 1.807) is 31.2 Å². The molecule has 19 heavy (non-hydrogen) atoms. The maximum atomic E-state index is 12.1. The Balaban J connectivity index is 2.45. The third-order valence-electron chi connectivity index (χ3n) is 3.97. The first-order chi connectivity index (χ1) is 8.93. The number of benzene rings is 1. The molecule has 1 fully saturated rings. The Morgan fingerprint density at radius 1 is 1.32 bits per heavy atom. The molecule has 2 atom stereocenters. The molecule has 0 unspecified atom stereocenters. The molecule has 6 heteroatoms. The van der Waals surface area contributed by atoms with E-state index in [1.165, 1.54) is 0 Å². The van der Waals surface area contributed by atoms with Crippen molar-refractivity contribution in [1.82, 2.24) is 0 Å². The van der Waals surface area contributed by atoms with Crippen molar-refractivity contribution in [2.45, 2.75) is 18.1 Å². The lowest BCUT2D eigenvalue weighted by atomic mass is 10.0. The Morgan fingerprint density at radius 2 is 1.95 bits per heavy atom. The molecule has 2 rings (SSSR count). The minimum Gasteiger partial charge on any atom is -0.396 e.